The number of hydrogen-bond acceptors (Lipinski definition) is 3. The quantitative estimate of drug-likeness (QED) is 0.704. The van der Waals surface area contributed by atoms with Gasteiger partial charge < -0.3 is 15.3 Å². The van der Waals surface area contributed by atoms with Crippen LogP contribution in [0, 0.1) is 0 Å². The molecule has 1 saturated heterocycles. The van der Waals surface area contributed by atoms with E-state index in [1.165, 1.54) is 12.8 Å². The van der Waals surface area contributed by atoms with Crippen LogP contribution < -0.4 is 5.32 Å². The highest BCUT2D eigenvalue weighted by Gasteiger charge is 2.22. The van der Waals surface area contributed by atoms with Gasteiger partial charge in [0.05, 0.1) is 5.60 Å². The molecule has 100 valence electrons. The molecule has 1 rings (SSSR count). The molecule has 4 heteroatoms. The van der Waals surface area contributed by atoms with Gasteiger partial charge in [-0.25, -0.2) is 0 Å². The van der Waals surface area contributed by atoms with Crippen molar-refractivity contribution in [1.29, 1.82) is 0 Å². The van der Waals surface area contributed by atoms with Crippen molar-refractivity contribution in [2.75, 3.05) is 26.2 Å². The Labute approximate surface area is 104 Å². The number of nitrogens with zero attached hydrogens (tertiary/aromatic N) is 1. The maximum Gasteiger partial charge on any atom is 0.221 e. The molecule has 0 bridgehead atoms. The first-order chi connectivity index (χ1) is 8.09. The van der Waals surface area contributed by atoms with Gasteiger partial charge in [-0.15, -0.1) is 0 Å². The van der Waals surface area contributed by atoms with Gasteiger partial charge in [-0.1, -0.05) is 13.8 Å². The minimum Gasteiger partial charge on any atom is -0.388 e. The summed E-state index contributed by atoms with van der Waals surface area (Å²) in [6.07, 6.45) is 4.41. The summed E-state index contributed by atoms with van der Waals surface area (Å²) in [5.74, 6) is 0.0530. The topological polar surface area (TPSA) is 52.6 Å². The average Bonchev–Trinajstić information content (AvgIpc) is 2.86. The van der Waals surface area contributed by atoms with Crippen molar-refractivity contribution in [2.45, 2.75) is 51.6 Å². The Hall–Kier alpha value is -0.610. The molecule has 0 saturated carbocycles. The molecule has 0 aromatic rings. The SMILES string of the molecule is CCC(O)(CC)CNC(=O)CCN1CCCC1. The fourth-order valence-corrected chi connectivity index (χ4v) is 2.12. The summed E-state index contributed by atoms with van der Waals surface area (Å²) >= 11 is 0. The molecule has 17 heavy (non-hydrogen) atoms. The van der Waals surface area contributed by atoms with E-state index < -0.39 is 5.60 Å². The van der Waals surface area contributed by atoms with Crippen molar-refractivity contribution in [3.63, 3.8) is 0 Å². The van der Waals surface area contributed by atoms with Crippen molar-refractivity contribution in [2.24, 2.45) is 0 Å². The van der Waals surface area contributed by atoms with Crippen LogP contribution in [0.2, 0.25) is 0 Å². The Morgan fingerprint density at radius 2 is 1.88 bits per heavy atom. The highest BCUT2D eigenvalue weighted by atomic mass is 16.3. The predicted octanol–water partition coefficient (Wildman–Crippen LogP) is 1.14. The van der Waals surface area contributed by atoms with E-state index in [9.17, 15) is 9.90 Å². The van der Waals surface area contributed by atoms with Gasteiger partial charge in [0, 0.05) is 19.5 Å². The molecule has 1 aliphatic rings. The van der Waals surface area contributed by atoms with Crippen molar-refractivity contribution in [3.05, 3.63) is 0 Å². The van der Waals surface area contributed by atoms with Crippen LogP contribution in [0.5, 0.6) is 0 Å². The summed E-state index contributed by atoms with van der Waals surface area (Å²) in [5.41, 5.74) is -0.733. The number of hydrogen-bond donors (Lipinski definition) is 2. The summed E-state index contributed by atoms with van der Waals surface area (Å²) in [4.78, 5) is 14.0. The first-order valence-electron chi connectivity index (χ1n) is 6.81. The van der Waals surface area contributed by atoms with Gasteiger partial charge in [-0.05, 0) is 38.8 Å². The number of rotatable bonds is 7. The average molecular weight is 242 g/mol. The molecule has 4 nitrogen and oxygen atoms in total. The van der Waals surface area contributed by atoms with E-state index in [0.717, 1.165) is 19.6 Å². The fraction of sp³-hybridized carbons (Fsp3) is 0.923. The van der Waals surface area contributed by atoms with Gasteiger partial charge in [0.1, 0.15) is 0 Å². The van der Waals surface area contributed by atoms with Crippen molar-refractivity contribution in [1.82, 2.24) is 10.2 Å². The number of nitrogens with one attached hydrogen (secondary N) is 1. The summed E-state index contributed by atoms with van der Waals surface area (Å²) < 4.78 is 0. The van der Waals surface area contributed by atoms with E-state index in [0.29, 0.717) is 25.8 Å². The highest BCUT2D eigenvalue weighted by molar-refractivity contribution is 5.76. The van der Waals surface area contributed by atoms with Crippen LogP contribution in [0.1, 0.15) is 46.0 Å². The van der Waals surface area contributed by atoms with E-state index in [1.54, 1.807) is 0 Å². The molecule has 1 aliphatic heterocycles. The Morgan fingerprint density at radius 1 is 1.29 bits per heavy atom. The third kappa shape index (κ3) is 5.04. The first kappa shape index (κ1) is 14.5. The van der Waals surface area contributed by atoms with Crippen molar-refractivity contribution in [3.8, 4) is 0 Å². The van der Waals surface area contributed by atoms with Crippen LogP contribution in [0.15, 0.2) is 0 Å². The Bertz CT molecular complexity index is 234. The Morgan fingerprint density at radius 3 is 2.41 bits per heavy atom. The maximum atomic E-state index is 11.6. The molecule has 0 aromatic carbocycles. The molecule has 1 heterocycles. The largest absolute Gasteiger partial charge is 0.388 e. The Kier molecular flexibility index (Phi) is 5.92. The number of likely N-dealkylation sites (tertiary alicyclic amines) is 1. The van der Waals surface area contributed by atoms with Gasteiger partial charge in [0.25, 0.3) is 0 Å². The summed E-state index contributed by atoms with van der Waals surface area (Å²) in [5, 5.41) is 12.9. The van der Waals surface area contributed by atoms with Gasteiger partial charge in [-0.2, -0.15) is 0 Å². The molecular formula is C13H26N2O2. The second kappa shape index (κ2) is 6.97. The lowest BCUT2D eigenvalue weighted by atomic mass is 9.97. The minimum absolute atomic E-state index is 0.0530. The number of aliphatic hydroxyl groups is 1. The van der Waals surface area contributed by atoms with E-state index in [1.807, 2.05) is 13.8 Å². The van der Waals surface area contributed by atoms with E-state index >= 15 is 0 Å². The molecule has 1 amide bonds. The normalized spacial score (nSPS) is 17.4. The molecule has 2 N–H and O–H groups in total. The molecule has 0 aliphatic carbocycles. The first-order valence-corrected chi connectivity index (χ1v) is 6.81. The van der Waals surface area contributed by atoms with E-state index in [4.69, 9.17) is 0 Å². The molecule has 0 aromatic heterocycles. The highest BCUT2D eigenvalue weighted by Crippen LogP contribution is 2.13. The lowest BCUT2D eigenvalue weighted by Crippen LogP contribution is -2.42. The van der Waals surface area contributed by atoms with Crippen molar-refractivity contribution < 1.29 is 9.90 Å². The lowest BCUT2D eigenvalue weighted by molar-refractivity contribution is -0.122. The van der Waals surface area contributed by atoms with Crippen molar-refractivity contribution >= 4 is 5.91 Å². The molecule has 0 radical (unpaired) electrons. The zero-order valence-electron chi connectivity index (χ0n) is 11.2. The maximum absolute atomic E-state index is 11.6. The third-order valence-electron chi connectivity index (χ3n) is 3.78. The Balaban J connectivity index is 2.16. The van der Waals surface area contributed by atoms with Gasteiger partial charge in [-0.3, -0.25) is 4.79 Å². The van der Waals surface area contributed by atoms with Crippen LogP contribution in [0.3, 0.4) is 0 Å². The van der Waals surface area contributed by atoms with Crippen LogP contribution in [0.25, 0.3) is 0 Å². The second-order valence-corrected chi connectivity index (χ2v) is 5.01. The lowest BCUT2D eigenvalue weighted by Gasteiger charge is -2.25. The van der Waals surface area contributed by atoms with Crippen LogP contribution >= 0.6 is 0 Å². The molecular weight excluding hydrogens is 216 g/mol. The molecule has 1 fully saturated rings. The predicted molar refractivity (Wildman–Crippen MR) is 68.8 cm³/mol. The summed E-state index contributed by atoms with van der Waals surface area (Å²) in [7, 11) is 0. The van der Waals surface area contributed by atoms with Crippen LogP contribution in [-0.4, -0.2) is 47.7 Å². The van der Waals surface area contributed by atoms with Gasteiger partial charge in [0.15, 0.2) is 0 Å². The smallest absolute Gasteiger partial charge is 0.221 e. The van der Waals surface area contributed by atoms with E-state index in [2.05, 4.69) is 10.2 Å². The zero-order valence-corrected chi connectivity index (χ0v) is 11.2. The molecule has 0 atom stereocenters. The van der Waals surface area contributed by atoms with E-state index in [-0.39, 0.29) is 5.91 Å². The van der Waals surface area contributed by atoms with Gasteiger partial charge in [0.2, 0.25) is 5.91 Å². The number of carbonyl (C=O) groups excluding carboxylic acids is 1. The van der Waals surface area contributed by atoms with Crippen LogP contribution in [0.4, 0.5) is 0 Å². The monoisotopic (exact) mass is 242 g/mol. The standard InChI is InChI=1S/C13H26N2O2/c1-3-13(17,4-2)11-14-12(16)7-10-15-8-5-6-9-15/h17H,3-11H2,1-2H3,(H,14,16). The van der Waals surface area contributed by atoms with Crippen LogP contribution in [-0.2, 0) is 4.79 Å². The molecule has 0 spiro atoms. The second-order valence-electron chi connectivity index (χ2n) is 5.01. The fourth-order valence-electron chi connectivity index (χ4n) is 2.12. The van der Waals surface area contributed by atoms with Gasteiger partial charge >= 0.3 is 0 Å². The third-order valence-corrected chi connectivity index (χ3v) is 3.78. The summed E-state index contributed by atoms with van der Waals surface area (Å²) in [6, 6.07) is 0. The minimum atomic E-state index is -0.733. The number of amides is 1. The summed E-state index contributed by atoms with van der Waals surface area (Å²) in [6.45, 7) is 7.36. The zero-order chi connectivity index (χ0) is 12.7. The molecule has 0 unspecified atom stereocenters. The number of carbonyl (C=O) groups is 1.